The molecule has 270 valence electrons. The molecule has 2 unspecified atom stereocenters. The van der Waals surface area contributed by atoms with Gasteiger partial charge >= 0.3 is 6.03 Å². The number of hydrogen-bond donors (Lipinski definition) is 4. The maximum Gasteiger partial charge on any atom is 0.315 e. The van der Waals surface area contributed by atoms with Crippen molar-refractivity contribution in [3.63, 3.8) is 0 Å². The smallest absolute Gasteiger partial charge is 0.315 e. The molecule has 13 heteroatoms. The van der Waals surface area contributed by atoms with Crippen molar-refractivity contribution in [2.45, 2.75) is 112 Å². The molecular formula is C35H58N6O6S. The third-order valence-electron chi connectivity index (χ3n) is 10.7. The number of carbonyl (C=O) groups excluding carboxylic acids is 5. The molecule has 2 aliphatic heterocycles. The van der Waals surface area contributed by atoms with Crippen LogP contribution in [0.2, 0.25) is 0 Å². The second-order valence-electron chi connectivity index (χ2n) is 16.9. The fourth-order valence-corrected chi connectivity index (χ4v) is 8.56. The molecule has 7 atom stereocenters. The average Bonchev–Trinajstić information content (AvgIpc) is 3.84. The number of Topliss-reactive ketones (excluding diaryl/α,β-unsaturated/α-hetero) is 1. The topological polar surface area (TPSA) is 163 Å². The molecule has 4 fully saturated rings. The highest BCUT2D eigenvalue weighted by atomic mass is 32.2. The van der Waals surface area contributed by atoms with Gasteiger partial charge in [-0.2, -0.15) is 0 Å². The van der Waals surface area contributed by atoms with Crippen LogP contribution in [0, 0.1) is 34.0 Å². The van der Waals surface area contributed by atoms with E-state index >= 15 is 0 Å². The monoisotopic (exact) mass is 690 g/mol. The molecule has 4 aliphatic rings. The molecule has 4 rings (SSSR count). The lowest BCUT2D eigenvalue weighted by Gasteiger charge is -2.39. The molecule has 2 saturated heterocycles. The molecule has 5 amide bonds. The van der Waals surface area contributed by atoms with E-state index in [1.165, 1.54) is 6.08 Å². The third kappa shape index (κ3) is 8.93. The number of likely N-dealkylation sites (tertiary alicyclic amines) is 1. The molecule has 2 saturated carbocycles. The molecule has 2 heterocycles. The highest BCUT2D eigenvalue weighted by molar-refractivity contribution is 7.89. The van der Waals surface area contributed by atoms with Gasteiger partial charge in [0.25, 0.3) is 5.91 Å². The van der Waals surface area contributed by atoms with E-state index in [-0.39, 0.29) is 47.1 Å². The lowest BCUT2D eigenvalue weighted by atomic mass is 9.85. The first-order chi connectivity index (χ1) is 22.3. The van der Waals surface area contributed by atoms with Crippen molar-refractivity contribution in [2.24, 2.45) is 34.0 Å². The molecule has 0 aromatic rings. The number of carbonyl (C=O) groups is 5. The van der Waals surface area contributed by atoms with E-state index < -0.39 is 58.5 Å². The average molecular weight is 691 g/mol. The van der Waals surface area contributed by atoms with Crippen LogP contribution < -0.4 is 21.3 Å². The maximum absolute atomic E-state index is 14.4. The van der Waals surface area contributed by atoms with Gasteiger partial charge in [-0.25, -0.2) is 4.79 Å². The van der Waals surface area contributed by atoms with Gasteiger partial charge in [-0.1, -0.05) is 74.3 Å². The fourth-order valence-electron chi connectivity index (χ4n) is 7.20. The Hall–Kier alpha value is -2.64. The summed E-state index contributed by atoms with van der Waals surface area (Å²) in [5.74, 6) is -1.42. The fraction of sp³-hybridized carbons (Fsp3) is 0.800. The minimum absolute atomic E-state index is 0.0933. The number of ketones is 1. The zero-order chi connectivity index (χ0) is 35.8. The number of rotatable bonds is 13. The van der Waals surface area contributed by atoms with Gasteiger partial charge in [-0.15, -0.1) is 10.9 Å². The van der Waals surface area contributed by atoms with E-state index in [2.05, 4.69) is 41.7 Å². The van der Waals surface area contributed by atoms with Crippen LogP contribution in [0.3, 0.4) is 0 Å². The van der Waals surface area contributed by atoms with Gasteiger partial charge < -0.3 is 30.7 Å². The summed E-state index contributed by atoms with van der Waals surface area (Å²) in [6.07, 6.45) is 5.60. The Balaban J connectivity index is 1.51. The number of hydrogen-bond acceptors (Lipinski definition) is 7. The summed E-state index contributed by atoms with van der Waals surface area (Å²) in [7, 11) is 0. The molecule has 0 aromatic heterocycles. The van der Waals surface area contributed by atoms with Crippen molar-refractivity contribution >= 4 is 40.9 Å². The van der Waals surface area contributed by atoms with Crippen molar-refractivity contribution in [3.8, 4) is 0 Å². The van der Waals surface area contributed by atoms with Crippen molar-refractivity contribution < 1.29 is 28.5 Å². The largest absolute Gasteiger partial charge is 0.598 e. The van der Waals surface area contributed by atoms with E-state index in [9.17, 15) is 28.5 Å². The van der Waals surface area contributed by atoms with Crippen LogP contribution in [0.1, 0.15) is 87.5 Å². The van der Waals surface area contributed by atoms with Crippen LogP contribution in [0.15, 0.2) is 12.7 Å². The van der Waals surface area contributed by atoms with Gasteiger partial charge in [0.05, 0.1) is 18.6 Å². The van der Waals surface area contributed by atoms with E-state index in [1.54, 1.807) is 4.90 Å². The second kappa shape index (κ2) is 14.7. The van der Waals surface area contributed by atoms with Crippen LogP contribution >= 0.6 is 0 Å². The molecule has 12 nitrogen and oxygen atoms in total. The predicted molar refractivity (Wildman–Crippen MR) is 186 cm³/mol. The molecule has 0 bridgehead atoms. The SMILES string of the molecule is C=CCNC(=O)C(=O)C(CC1CC1)NC(=O)[C@@H]1[C@@H]2[C@H](CN1C(=O)[C@@H](NC(=O)N[C@H](CN1CCCC[S+]1[O-])C(C)(C)C)C(C)(C)C)C2(C)C. The Kier molecular flexibility index (Phi) is 11.7. The normalized spacial score (nSPS) is 27.1. The summed E-state index contributed by atoms with van der Waals surface area (Å²) in [6.45, 7) is 21.0. The summed E-state index contributed by atoms with van der Waals surface area (Å²) in [5, 5.41) is 11.4. The summed E-state index contributed by atoms with van der Waals surface area (Å²) < 4.78 is 14.6. The maximum atomic E-state index is 14.4. The molecular weight excluding hydrogens is 632 g/mol. The predicted octanol–water partition coefficient (Wildman–Crippen LogP) is 2.51. The summed E-state index contributed by atoms with van der Waals surface area (Å²) in [5.41, 5.74) is -1.22. The Bertz CT molecular complexity index is 1260. The third-order valence-corrected chi connectivity index (χ3v) is 12.2. The van der Waals surface area contributed by atoms with Gasteiger partial charge in [0, 0.05) is 31.0 Å². The Labute approximate surface area is 289 Å². The number of urea groups is 1. The summed E-state index contributed by atoms with van der Waals surface area (Å²) in [6, 6.07) is -3.62. The molecule has 0 aromatic carbocycles. The molecule has 0 radical (unpaired) electrons. The number of nitrogens with zero attached hydrogens (tertiary/aromatic N) is 2. The van der Waals surface area contributed by atoms with E-state index in [1.807, 2.05) is 45.8 Å². The van der Waals surface area contributed by atoms with Crippen molar-refractivity contribution in [2.75, 3.05) is 31.9 Å². The van der Waals surface area contributed by atoms with Gasteiger partial charge in [-0.05, 0) is 53.3 Å². The number of amides is 5. The quantitative estimate of drug-likeness (QED) is 0.131. The molecule has 48 heavy (non-hydrogen) atoms. The van der Waals surface area contributed by atoms with E-state index in [0.29, 0.717) is 31.8 Å². The molecule has 4 N–H and O–H groups in total. The number of fused-ring (bicyclic) bond motifs is 1. The highest BCUT2D eigenvalue weighted by Crippen LogP contribution is 2.65. The Morgan fingerprint density at radius 1 is 1.00 bits per heavy atom. The number of nitrogens with one attached hydrogen (secondary N) is 4. The summed E-state index contributed by atoms with van der Waals surface area (Å²) >= 11 is -1.09. The van der Waals surface area contributed by atoms with Crippen LogP contribution in [0.4, 0.5) is 4.79 Å². The standard InChI is InChI=1S/C35H58N6O6S/c1-10-15-36-30(44)27(42)23(18-21-13-14-21)37-29(43)26-25-22(35(25,8)9)19-41(26)31(45)28(34(5,6)7)39-32(46)38-24(33(2,3)4)20-40-16-11-12-17-48(40)47/h10,21-26,28H,1,11-20H2,2-9H3,(H,36,44)(H,37,43)(H2,38,39,46)/t22-,23?,24+,25-,26-,28+,48?/m0/s1. The van der Waals surface area contributed by atoms with E-state index in [4.69, 9.17) is 0 Å². The van der Waals surface area contributed by atoms with Crippen LogP contribution in [-0.4, -0.2) is 99.4 Å². The Morgan fingerprint density at radius 3 is 2.23 bits per heavy atom. The first-order valence-corrected chi connectivity index (χ1v) is 18.8. The first-order valence-electron chi connectivity index (χ1n) is 17.5. The minimum atomic E-state index is -1.09. The minimum Gasteiger partial charge on any atom is -0.598 e. The number of piperidine rings is 1. The van der Waals surface area contributed by atoms with E-state index in [0.717, 1.165) is 25.7 Å². The van der Waals surface area contributed by atoms with Crippen molar-refractivity contribution in [1.29, 1.82) is 0 Å². The van der Waals surface area contributed by atoms with Gasteiger partial charge in [0.2, 0.25) is 17.6 Å². The van der Waals surface area contributed by atoms with Crippen LogP contribution in [0.5, 0.6) is 0 Å². The lowest BCUT2D eigenvalue weighted by Crippen LogP contribution is -2.63. The Morgan fingerprint density at radius 2 is 1.67 bits per heavy atom. The van der Waals surface area contributed by atoms with Crippen LogP contribution in [0.25, 0.3) is 0 Å². The second-order valence-corrected chi connectivity index (χ2v) is 18.5. The first kappa shape index (κ1) is 38.2. The zero-order valence-corrected chi connectivity index (χ0v) is 31.0. The van der Waals surface area contributed by atoms with Crippen LogP contribution in [-0.2, 0) is 30.5 Å². The van der Waals surface area contributed by atoms with Gasteiger partial charge in [-0.3, -0.25) is 19.2 Å². The zero-order valence-electron chi connectivity index (χ0n) is 30.1. The molecule has 2 aliphatic carbocycles. The molecule has 0 spiro atoms. The van der Waals surface area contributed by atoms with Gasteiger partial charge in [0.1, 0.15) is 17.8 Å². The van der Waals surface area contributed by atoms with Gasteiger partial charge in [0.15, 0.2) is 0 Å². The van der Waals surface area contributed by atoms with Crippen molar-refractivity contribution in [3.05, 3.63) is 12.7 Å². The van der Waals surface area contributed by atoms with Crippen molar-refractivity contribution in [1.82, 2.24) is 30.5 Å². The summed E-state index contributed by atoms with van der Waals surface area (Å²) in [4.78, 5) is 69.4. The lowest BCUT2D eigenvalue weighted by molar-refractivity contribution is -0.145. The highest BCUT2D eigenvalue weighted by Gasteiger charge is 2.70.